The number of esters is 1. The average molecular weight is 418 g/mol. The van der Waals surface area contributed by atoms with Crippen molar-refractivity contribution in [2.75, 3.05) is 6.54 Å². The summed E-state index contributed by atoms with van der Waals surface area (Å²) in [5.41, 5.74) is 1.36. The molecule has 5 nitrogen and oxygen atoms in total. The van der Waals surface area contributed by atoms with Crippen molar-refractivity contribution in [3.05, 3.63) is 72.1 Å². The smallest absolute Gasteiger partial charge is 0.408 e. The molecule has 2 unspecified atom stereocenters. The van der Waals surface area contributed by atoms with Crippen LogP contribution in [0.1, 0.15) is 38.8 Å². The Morgan fingerprint density at radius 3 is 2.47 bits per heavy atom. The van der Waals surface area contributed by atoms with E-state index in [0.29, 0.717) is 5.56 Å². The van der Waals surface area contributed by atoms with E-state index < -0.39 is 23.8 Å². The molecule has 0 bridgehead atoms. The van der Waals surface area contributed by atoms with E-state index in [0.717, 1.165) is 11.1 Å². The van der Waals surface area contributed by atoms with E-state index in [-0.39, 0.29) is 24.7 Å². The van der Waals surface area contributed by atoms with Crippen LogP contribution in [-0.4, -0.2) is 30.3 Å². The predicted octanol–water partition coefficient (Wildman–Crippen LogP) is 5.05. The number of carbonyl (C=O) groups is 2. The van der Waals surface area contributed by atoms with Gasteiger partial charge >= 0.3 is 12.1 Å². The minimum absolute atomic E-state index is 0.174. The topological polar surface area (TPSA) is 64.6 Å². The Balaban J connectivity index is 2.95. The van der Waals surface area contributed by atoms with Crippen LogP contribution in [0.25, 0.3) is 0 Å². The van der Waals surface area contributed by atoms with Crippen molar-refractivity contribution in [3.63, 3.8) is 0 Å². The van der Waals surface area contributed by atoms with Gasteiger partial charge in [-0.1, -0.05) is 50.4 Å². The van der Waals surface area contributed by atoms with Crippen LogP contribution in [0.5, 0.6) is 0 Å². The molecule has 0 aliphatic rings. The van der Waals surface area contributed by atoms with Gasteiger partial charge in [0.05, 0.1) is 0 Å². The molecule has 0 fully saturated rings. The molecule has 1 amide bonds. The maximum Gasteiger partial charge on any atom is 0.408 e. The largest absolute Gasteiger partial charge is 0.460 e. The molecule has 6 heteroatoms. The molecule has 0 aromatic heterocycles. The number of alkyl carbamates (subject to hydrolysis) is 1. The molecule has 0 radical (unpaired) electrons. The predicted molar refractivity (Wildman–Crippen MR) is 117 cm³/mol. The molecule has 1 aromatic rings. The lowest BCUT2D eigenvalue weighted by atomic mass is 9.90. The first-order chi connectivity index (χ1) is 14.0. The first-order valence-electron chi connectivity index (χ1n) is 9.83. The monoisotopic (exact) mass is 417 g/mol. The van der Waals surface area contributed by atoms with Crippen LogP contribution in [0.2, 0.25) is 0 Å². The summed E-state index contributed by atoms with van der Waals surface area (Å²) < 4.78 is 25.1. The summed E-state index contributed by atoms with van der Waals surface area (Å²) in [6.07, 6.45) is 3.82. The van der Waals surface area contributed by atoms with Gasteiger partial charge in [0.1, 0.15) is 24.1 Å². The van der Waals surface area contributed by atoms with Gasteiger partial charge in [-0.3, -0.25) is 4.79 Å². The maximum atomic E-state index is 14.4. The van der Waals surface area contributed by atoms with Crippen LogP contribution in [-0.2, 0) is 20.7 Å². The summed E-state index contributed by atoms with van der Waals surface area (Å²) in [4.78, 5) is 24.1. The number of rotatable bonds is 9. The van der Waals surface area contributed by atoms with Crippen LogP contribution < -0.4 is 5.32 Å². The van der Waals surface area contributed by atoms with Gasteiger partial charge in [-0.05, 0) is 50.5 Å². The highest BCUT2D eigenvalue weighted by molar-refractivity contribution is 5.78. The molecular weight excluding hydrogens is 385 g/mol. The van der Waals surface area contributed by atoms with Crippen molar-refractivity contribution in [2.45, 2.75) is 52.7 Å². The van der Waals surface area contributed by atoms with Gasteiger partial charge in [-0.15, -0.1) is 0 Å². The standard InChI is InChI=1S/C24H32FNO4/c1-8-10-18(9-2)17(4)21(14-19-12-11-16(3)13-20(19)25)29-22(27)15-26-23(28)30-24(5,6)7/h8-13,17,21H,1-2,14-15H2,3-7H3,(H,26,28)/b18-10+. The van der Waals surface area contributed by atoms with Crippen LogP contribution in [0.4, 0.5) is 9.18 Å². The summed E-state index contributed by atoms with van der Waals surface area (Å²) in [6, 6.07) is 4.93. The van der Waals surface area contributed by atoms with E-state index in [2.05, 4.69) is 18.5 Å². The Labute approximate surface area is 178 Å². The van der Waals surface area contributed by atoms with Crippen molar-refractivity contribution >= 4 is 12.1 Å². The molecule has 0 aliphatic carbocycles. The van der Waals surface area contributed by atoms with E-state index in [1.54, 1.807) is 58.1 Å². The molecule has 0 saturated carbocycles. The third-order valence-electron chi connectivity index (χ3n) is 4.32. The SMILES string of the molecule is C=C/C=C(\C=C)C(C)C(Cc1ccc(C)cc1F)OC(=O)CNC(=O)OC(C)(C)C. The Morgan fingerprint density at radius 2 is 1.93 bits per heavy atom. The van der Waals surface area contributed by atoms with E-state index in [4.69, 9.17) is 9.47 Å². The molecule has 1 N–H and O–H groups in total. The summed E-state index contributed by atoms with van der Waals surface area (Å²) in [5, 5.41) is 2.37. The second-order valence-corrected chi connectivity index (χ2v) is 8.08. The Morgan fingerprint density at radius 1 is 1.27 bits per heavy atom. The molecule has 0 aliphatic heterocycles. The normalized spacial score (nSPS) is 13.7. The summed E-state index contributed by atoms with van der Waals surface area (Å²) >= 11 is 0. The number of carbonyl (C=O) groups excluding carboxylic acids is 2. The fourth-order valence-electron chi connectivity index (χ4n) is 2.78. The third kappa shape index (κ3) is 8.64. The zero-order valence-corrected chi connectivity index (χ0v) is 18.5. The van der Waals surface area contributed by atoms with Crippen molar-refractivity contribution in [3.8, 4) is 0 Å². The molecule has 1 aromatic carbocycles. The van der Waals surface area contributed by atoms with Gasteiger partial charge in [0, 0.05) is 12.3 Å². The second kappa shape index (κ2) is 11.3. The van der Waals surface area contributed by atoms with Gasteiger partial charge < -0.3 is 14.8 Å². The number of benzene rings is 1. The highest BCUT2D eigenvalue weighted by atomic mass is 19.1. The number of amides is 1. The quantitative estimate of drug-likeness (QED) is 0.451. The number of ether oxygens (including phenoxy) is 2. The Bertz CT molecular complexity index is 808. The van der Waals surface area contributed by atoms with Gasteiger partial charge in [0.15, 0.2) is 0 Å². The first kappa shape index (κ1) is 25.1. The minimum atomic E-state index is -0.716. The summed E-state index contributed by atoms with van der Waals surface area (Å²) in [5.74, 6) is -1.28. The van der Waals surface area contributed by atoms with Gasteiger partial charge in [-0.2, -0.15) is 0 Å². The zero-order valence-electron chi connectivity index (χ0n) is 18.5. The third-order valence-corrected chi connectivity index (χ3v) is 4.32. The molecule has 0 heterocycles. The van der Waals surface area contributed by atoms with Crippen molar-refractivity contribution in [1.82, 2.24) is 5.32 Å². The molecule has 164 valence electrons. The van der Waals surface area contributed by atoms with Gasteiger partial charge in [0.2, 0.25) is 0 Å². The van der Waals surface area contributed by atoms with Gasteiger partial charge in [0.25, 0.3) is 0 Å². The average Bonchev–Trinajstić information content (AvgIpc) is 2.64. The number of halogens is 1. The lowest BCUT2D eigenvalue weighted by molar-refractivity contribution is -0.149. The summed E-state index contributed by atoms with van der Waals surface area (Å²) in [6.45, 7) is 16.0. The summed E-state index contributed by atoms with van der Waals surface area (Å²) in [7, 11) is 0. The number of nitrogens with one attached hydrogen (secondary N) is 1. The molecule has 1 rings (SSSR count). The Kier molecular flexibility index (Phi) is 9.50. The van der Waals surface area contributed by atoms with Crippen LogP contribution in [0.15, 0.2) is 55.2 Å². The van der Waals surface area contributed by atoms with E-state index in [9.17, 15) is 14.0 Å². The van der Waals surface area contributed by atoms with Crippen molar-refractivity contribution in [2.24, 2.45) is 5.92 Å². The minimum Gasteiger partial charge on any atom is -0.460 e. The van der Waals surface area contributed by atoms with Crippen LogP contribution in [0.3, 0.4) is 0 Å². The maximum absolute atomic E-state index is 14.4. The van der Waals surface area contributed by atoms with Crippen molar-refractivity contribution < 1.29 is 23.5 Å². The molecule has 0 saturated heterocycles. The fraction of sp³-hybridized carbons (Fsp3) is 0.417. The number of hydrogen-bond donors (Lipinski definition) is 1. The van der Waals surface area contributed by atoms with Crippen molar-refractivity contribution in [1.29, 1.82) is 0 Å². The second-order valence-electron chi connectivity index (χ2n) is 8.08. The number of aryl methyl sites for hydroxylation is 1. The molecule has 30 heavy (non-hydrogen) atoms. The highest BCUT2D eigenvalue weighted by Gasteiger charge is 2.26. The highest BCUT2D eigenvalue weighted by Crippen LogP contribution is 2.24. The van der Waals surface area contributed by atoms with E-state index in [1.165, 1.54) is 6.07 Å². The van der Waals surface area contributed by atoms with Gasteiger partial charge in [-0.25, -0.2) is 9.18 Å². The zero-order chi connectivity index (χ0) is 22.9. The molecule has 0 spiro atoms. The lowest BCUT2D eigenvalue weighted by Gasteiger charge is -2.26. The first-order valence-corrected chi connectivity index (χ1v) is 9.83. The van der Waals surface area contributed by atoms with Crippen LogP contribution >= 0.6 is 0 Å². The number of allylic oxidation sites excluding steroid dienone is 3. The lowest BCUT2D eigenvalue weighted by Crippen LogP contribution is -2.38. The number of hydrogen-bond acceptors (Lipinski definition) is 4. The van der Waals surface area contributed by atoms with Crippen LogP contribution in [0, 0.1) is 18.7 Å². The molecule has 2 atom stereocenters. The Hall–Kier alpha value is -2.89. The fourth-order valence-corrected chi connectivity index (χ4v) is 2.78. The van der Waals surface area contributed by atoms with E-state index >= 15 is 0 Å². The van der Waals surface area contributed by atoms with E-state index in [1.807, 2.05) is 6.92 Å². The molecular formula is C24H32FNO4.